The minimum absolute atomic E-state index is 0.915. The summed E-state index contributed by atoms with van der Waals surface area (Å²) in [6.45, 7) is 15.5. The third-order valence-corrected chi connectivity index (χ3v) is 4.87. The Morgan fingerprint density at radius 2 is 1.47 bits per heavy atom. The van der Waals surface area contributed by atoms with Crippen LogP contribution in [0.25, 0.3) is 0 Å². The van der Waals surface area contributed by atoms with Crippen molar-refractivity contribution in [2.24, 2.45) is 11.8 Å². The molecule has 2 fully saturated rings. The first kappa shape index (κ1) is 12.8. The van der Waals surface area contributed by atoms with E-state index in [9.17, 15) is 0 Å². The van der Waals surface area contributed by atoms with Crippen LogP contribution in [0.3, 0.4) is 0 Å². The summed E-state index contributed by atoms with van der Waals surface area (Å²) in [4.78, 5) is 0. The fraction of sp³-hybridized carbons (Fsp3) is 0.733. The van der Waals surface area contributed by atoms with E-state index >= 15 is 0 Å². The van der Waals surface area contributed by atoms with Gasteiger partial charge in [0.15, 0.2) is 0 Å². The van der Waals surface area contributed by atoms with Gasteiger partial charge in [-0.05, 0) is 12.2 Å². The zero-order valence-corrected chi connectivity index (χ0v) is 11.6. The van der Waals surface area contributed by atoms with Crippen LogP contribution < -0.4 is 0 Å². The molecule has 0 aliphatic carbocycles. The molecule has 4 atom stereocenters. The smallest absolute Gasteiger partial charge is 0.0969 e. The Labute approximate surface area is 106 Å². The van der Waals surface area contributed by atoms with Crippen LogP contribution in [0, 0.1) is 11.8 Å². The summed E-state index contributed by atoms with van der Waals surface area (Å²) in [6.07, 6.45) is 5.59. The van der Waals surface area contributed by atoms with E-state index in [2.05, 4.69) is 39.4 Å². The molecule has 0 aromatic heterocycles. The number of fused-ring (bicyclic) bond motifs is 1. The van der Waals surface area contributed by atoms with Crippen LogP contribution in [-0.2, 0) is 0 Å². The molecule has 0 spiro atoms. The number of hydrogen-bond donors (Lipinski definition) is 0. The van der Waals surface area contributed by atoms with E-state index in [1.807, 2.05) is 0 Å². The molecule has 0 N–H and O–H groups in total. The highest BCUT2D eigenvalue weighted by Gasteiger charge is 2.48. The molecule has 2 heterocycles. The highest BCUT2D eigenvalue weighted by molar-refractivity contribution is 4.82. The predicted molar refractivity (Wildman–Crippen MR) is 73.6 cm³/mol. The van der Waals surface area contributed by atoms with Crippen LogP contribution in [0.2, 0.25) is 0 Å². The van der Waals surface area contributed by atoms with E-state index in [4.69, 9.17) is 0 Å². The van der Waals surface area contributed by atoms with E-state index in [-0.39, 0.29) is 0 Å². The first-order chi connectivity index (χ1) is 8.00. The molecule has 17 heavy (non-hydrogen) atoms. The normalized spacial score (nSPS) is 45.3. The van der Waals surface area contributed by atoms with Crippen LogP contribution in [0.1, 0.15) is 6.42 Å². The number of nitrogens with zero attached hydrogens (tertiary/aromatic N) is 2. The second-order valence-electron chi connectivity index (χ2n) is 6.76. The van der Waals surface area contributed by atoms with Crippen LogP contribution >= 0.6 is 0 Å². The second-order valence-corrected chi connectivity index (χ2v) is 6.76. The van der Waals surface area contributed by atoms with Gasteiger partial charge in [-0.15, -0.1) is 0 Å². The summed E-state index contributed by atoms with van der Waals surface area (Å²) in [5.74, 6) is 1.87. The molecular weight excluding hydrogens is 208 g/mol. The first-order valence-electron chi connectivity index (χ1n) is 6.89. The summed E-state index contributed by atoms with van der Waals surface area (Å²) in [6, 6.07) is 0. The predicted octanol–water partition coefficient (Wildman–Crippen LogP) is 1.90. The molecule has 2 rings (SSSR count). The van der Waals surface area contributed by atoms with E-state index in [1.54, 1.807) is 0 Å². The number of likely N-dealkylation sites (N-methyl/N-ethyl adjacent to an activating group) is 2. The van der Waals surface area contributed by atoms with Crippen molar-refractivity contribution in [1.82, 2.24) is 0 Å². The molecule has 2 nitrogen and oxygen atoms in total. The number of likely N-dealkylation sites (tertiary alicyclic amines) is 2. The third kappa shape index (κ3) is 2.63. The highest BCUT2D eigenvalue weighted by atomic mass is 15.4. The Bertz CT molecular complexity index is 302. The molecule has 2 aliphatic rings. The van der Waals surface area contributed by atoms with Gasteiger partial charge < -0.3 is 8.97 Å². The van der Waals surface area contributed by atoms with Crippen LogP contribution in [0.5, 0.6) is 0 Å². The molecule has 0 bridgehead atoms. The largest absolute Gasteiger partial charge is 0.322 e. The van der Waals surface area contributed by atoms with Crippen molar-refractivity contribution in [3.05, 3.63) is 25.3 Å². The number of piperidine rings is 1. The standard InChI is InChI=1S/C15H28N2/c1-5-8-16(3)10-7-14-11-17(4,9-6-2)13-15(14)12-16/h5-6,14-15H,1-2,7-13H2,3-4H3/q+2/t14-,15+,16?,17?/m1/s1. The van der Waals surface area contributed by atoms with Crippen molar-refractivity contribution >= 4 is 0 Å². The van der Waals surface area contributed by atoms with Crippen molar-refractivity contribution in [3.8, 4) is 0 Å². The van der Waals surface area contributed by atoms with Crippen LogP contribution in [-0.4, -0.2) is 62.3 Å². The van der Waals surface area contributed by atoms with Gasteiger partial charge >= 0.3 is 0 Å². The minimum atomic E-state index is 0.915. The lowest BCUT2D eigenvalue weighted by atomic mass is 9.87. The molecule has 0 radical (unpaired) electrons. The van der Waals surface area contributed by atoms with Gasteiger partial charge in [0, 0.05) is 12.3 Å². The van der Waals surface area contributed by atoms with Gasteiger partial charge in [-0.3, -0.25) is 0 Å². The lowest BCUT2D eigenvalue weighted by Gasteiger charge is -2.40. The molecular formula is C15H28N2+2. The molecule has 96 valence electrons. The van der Waals surface area contributed by atoms with Gasteiger partial charge in [0.2, 0.25) is 0 Å². The summed E-state index contributed by atoms with van der Waals surface area (Å²) in [7, 11) is 4.80. The molecule has 0 saturated carbocycles. The zero-order chi connectivity index (χ0) is 12.5. The van der Waals surface area contributed by atoms with E-state index in [1.165, 1.54) is 41.6 Å². The topological polar surface area (TPSA) is 0 Å². The van der Waals surface area contributed by atoms with Crippen molar-refractivity contribution in [1.29, 1.82) is 0 Å². The van der Waals surface area contributed by atoms with Crippen molar-refractivity contribution in [2.75, 3.05) is 53.4 Å². The average molecular weight is 236 g/mol. The van der Waals surface area contributed by atoms with Crippen molar-refractivity contribution in [2.45, 2.75) is 6.42 Å². The maximum absolute atomic E-state index is 3.91. The molecule has 2 aliphatic heterocycles. The van der Waals surface area contributed by atoms with Gasteiger partial charge in [-0.1, -0.05) is 13.2 Å². The summed E-state index contributed by atoms with van der Waals surface area (Å²) < 4.78 is 2.42. The highest BCUT2D eigenvalue weighted by Crippen LogP contribution is 2.36. The quantitative estimate of drug-likeness (QED) is 0.517. The Morgan fingerprint density at radius 1 is 0.941 bits per heavy atom. The van der Waals surface area contributed by atoms with Gasteiger partial charge in [-0.2, -0.15) is 0 Å². The van der Waals surface area contributed by atoms with Crippen LogP contribution in [0.4, 0.5) is 0 Å². The van der Waals surface area contributed by atoms with Crippen molar-refractivity contribution in [3.63, 3.8) is 0 Å². The SMILES string of the molecule is C=CC[N+]1(C)CC[C@@H]2C[N+](C)(CC=C)C[C@@H]2C1. The molecule has 0 aromatic carbocycles. The van der Waals surface area contributed by atoms with Gasteiger partial charge in [0.25, 0.3) is 0 Å². The average Bonchev–Trinajstić information content (AvgIpc) is 2.53. The molecule has 2 unspecified atom stereocenters. The lowest BCUT2D eigenvalue weighted by molar-refractivity contribution is -0.917. The minimum Gasteiger partial charge on any atom is -0.322 e. The Morgan fingerprint density at radius 3 is 2.12 bits per heavy atom. The summed E-state index contributed by atoms with van der Waals surface area (Å²) in [5.41, 5.74) is 0. The Balaban J connectivity index is 2.03. The fourth-order valence-corrected chi connectivity index (χ4v) is 4.11. The van der Waals surface area contributed by atoms with E-state index in [0.29, 0.717) is 0 Å². The molecule has 0 amide bonds. The Kier molecular flexibility index (Phi) is 3.46. The van der Waals surface area contributed by atoms with E-state index < -0.39 is 0 Å². The fourth-order valence-electron chi connectivity index (χ4n) is 4.11. The summed E-state index contributed by atoms with van der Waals surface area (Å²) in [5, 5.41) is 0. The zero-order valence-electron chi connectivity index (χ0n) is 11.6. The van der Waals surface area contributed by atoms with Gasteiger partial charge in [-0.25, -0.2) is 0 Å². The van der Waals surface area contributed by atoms with E-state index in [0.717, 1.165) is 24.9 Å². The number of rotatable bonds is 4. The lowest BCUT2D eigenvalue weighted by Crippen LogP contribution is -2.53. The number of quaternary nitrogens is 2. The second kappa shape index (κ2) is 4.58. The maximum Gasteiger partial charge on any atom is 0.0969 e. The molecule has 2 saturated heterocycles. The molecule has 0 aromatic rings. The van der Waals surface area contributed by atoms with Crippen molar-refractivity contribution < 1.29 is 8.97 Å². The van der Waals surface area contributed by atoms with Gasteiger partial charge in [0.05, 0.1) is 59.3 Å². The van der Waals surface area contributed by atoms with Gasteiger partial charge in [0.1, 0.15) is 0 Å². The molecule has 2 heteroatoms. The number of hydrogen-bond acceptors (Lipinski definition) is 0. The van der Waals surface area contributed by atoms with Crippen LogP contribution in [0.15, 0.2) is 25.3 Å². The summed E-state index contributed by atoms with van der Waals surface area (Å²) >= 11 is 0. The Hall–Kier alpha value is -0.600. The third-order valence-electron chi connectivity index (χ3n) is 4.87. The maximum atomic E-state index is 3.91. The first-order valence-corrected chi connectivity index (χ1v) is 6.89. The monoisotopic (exact) mass is 236 g/mol.